The zero-order valence-corrected chi connectivity index (χ0v) is 14.9. The third-order valence-electron chi connectivity index (χ3n) is 7.80. The number of benzene rings is 1. The number of aliphatic hydroxyl groups is 1. The van der Waals surface area contributed by atoms with Gasteiger partial charge in [0, 0.05) is 11.6 Å². The fraction of sp³-hybridized carbons (Fsp3) is 0.579. The van der Waals surface area contributed by atoms with Gasteiger partial charge in [-0.15, -0.1) is 0 Å². The van der Waals surface area contributed by atoms with E-state index >= 15 is 0 Å². The van der Waals surface area contributed by atoms with Crippen LogP contribution in [0.25, 0.3) is 0 Å². The van der Waals surface area contributed by atoms with E-state index in [9.17, 15) is 19.8 Å². The van der Waals surface area contributed by atoms with Gasteiger partial charge in [0.15, 0.2) is 17.0 Å². The smallest absolute Gasteiger partial charge is 0.322 e. The van der Waals surface area contributed by atoms with Crippen LogP contribution >= 0.6 is 0 Å². The van der Waals surface area contributed by atoms with Gasteiger partial charge in [-0.1, -0.05) is 6.07 Å². The van der Waals surface area contributed by atoms with Gasteiger partial charge in [-0.25, -0.2) is 4.79 Å². The first-order valence-corrected chi connectivity index (χ1v) is 9.42. The second-order valence-electron chi connectivity index (χ2n) is 8.67. The summed E-state index contributed by atoms with van der Waals surface area (Å²) in [4.78, 5) is 27.0. The Balaban J connectivity index is 1.67. The van der Waals surface area contributed by atoms with Gasteiger partial charge in [0.1, 0.15) is 6.10 Å². The Morgan fingerprint density at radius 3 is 2.81 bits per heavy atom. The molecular formula is C19H21N3O5. The number of hydrogen-bond acceptors (Lipinski definition) is 6. The monoisotopic (exact) mass is 371 g/mol. The van der Waals surface area contributed by atoms with Crippen molar-refractivity contribution < 1.29 is 24.5 Å². The Hall–Kier alpha value is -2.32. The lowest BCUT2D eigenvalue weighted by molar-refractivity contribution is -0.199. The number of phenolic OH excluding ortho intramolecular Hbond substituents is 1. The van der Waals surface area contributed by atoms with E-state index in [1.165, 1.54) is 0 Å². The number of phenols is 1. The highest BCUT2D eigenvalue weighted by molar-refractivity contribution is 6.08. The summed E-state index contributed by atoms with van der Waals surface area (Å²) in [6, 6.07) is 2.87. The maximum atomic E-state index is 12.8. The molecule has 4 N–H and O–H groups in total. The Morgan fingerprint density at radius 2 is 2.07 bits per heavy atom. The molecule has 2 spiro atoms. The standard InChI is InChI=1S/C19H21N3O5/c1-22-7-6-17-12-9-2-3-10(23)13(12)27-14(17)18(15(24)20-16(25)21-18)4-5-19(17,26)11(22)8-9/h2-3,11,14,23,26H,4-8H2,1H3,(H2,20,21,24,25)/t11-,14?,17+,18+,19-/m1/s1. The fourth-order valence-corrected chi connectivity index (χ4v) is 6.66. The molecule has 0 aromatic heterocycles. The molecular weight excluding hydrogens is 350 g/mol. The van der Waals surface area contributed by atoms with E-state index in [0.29, 0.717) is 31.4 Å². The molecule has 1 unspecified atom stereocenters. The number of aromatic hydroxyl groups is 1. The molecule has 3 amide bonds. The van der Waals surface area contributed by atoms with Crippen molar-refractivity contribution in [2.45, 2.75) is 54.4 Å². The van der Waals surface area contributed by atoms with Crippen molar-refractivity contribution in [3.05, 3.63) is 23.3 Å². The van der Waals surface area contributed by atoms with Gasteiger partial charge in [-0.2, -0.15) is 0 Å². The molecule has 1 saturated carbocycles. The number of hydrogen-bond donors (Lipinski definition) is 4. The first-order chi connectivity index (χ1) is 12.8. The van der Waals surface area contributed by atoms with Crippen molar-refractivity contribution in [3.8, 4) is 11.5 Å². The number of rotatable bonds is 0. The summed E-state index contributed by atoms with van der Waals surface area (Å²) in [6.07, 6.45) is 1.18. The Labute approximate surface area is 155 Å². The van der Waals surface area contributed by atoms with Crippen LogP contribution in [0.4, 0.5) is 4.79 Å². The van der Waals surface area contributed by atoms with Gasteiger partial charge in [0.2, 0.25) is 0 Å². The number of carbonyl (C=O) groups is 2. The van der Waals surface area contributed by atoms with E-state index in [4.69, 9.17) is 4.74 Å². The van der Waals surface area contributed by atoms with Crippen LogP contribution in [0.15, 0.2) is 12.1 Å². The fourth-order valence-electron chi connectivity index (χ4n) is 6.66. The first kappa shape index (κ1) is 15.7. The van der Waals surface area contributed by atoms with Gasteiger partial charge in [0.05, 0.1) is 11.0 Å². The molecule has 0 radical (unpaired) electrons. The van der Waals surface area contributed by atoms with Crippen LogP contribution in [0.5, 0.6) is 11.5 Å². The second kappa shape index (κ2) is 4.39. The normalized spacial score (nSPS) is 43.9. The highest BCUT2D eigenvalue weighted by atomic mass is 16.5. The molecule has 3 heterocycles. The molecule has 142 valence electrons. The molecule has 1 aromatic carbocycles. The molecule has 3 aliphatic heterocycles. The van der Waals surface area contributed by atoms with E-state index in [1.54, 1.807) is 6.07 Å². The number of nitrogens with one attached hydrogen (secondary N) is 2. The number of likely N-dealkylation sites (tertiary alicyclic amines) is 1. The van der Waals surface area contributed by atoms with Crippen LogP contribution in [0.1, 0.15) is 30.4 Å². The van der Waals surface area contributed by atoms with Crippen LogP contribution in [-0.2, 0) is 16.6 Å². The zero-order valence-electron chi connectivity index (χ0n) is 14.9. The molecule has 5 atom stereocenters. The summed E-state index contributed by atoms with van der Waals surface area (Å²) in [5.74, 6) is -0.0462. The van der Waals surface area contributed by atoms with Crippen LogP contribution < -0.4 is 15.4 Å². The molecule has 5 aliphatic rings. The molecule has 8 nitrogen and oxygen atoms in total. The quantitative estimate of drug-likeness (QED) is 0.468. The number of likely N-dealkylation sites (N-methyl/N-ethyl adjacent to an activating group) is 1. The predicted molar refractivity (Wildman–Crippen MR) is 92.5 cm³/mol. The SMILES string of the molecule is CN1CC[C@]23c4c5ccc(O)c4OC2[C@]2(CC[C@@]3(O)[C@H]1C5)NC(=O)NC2=O. The Kier molecular flexibility index (Phi) is 2.55. The minimum absolute atomic E-state index is 0.0112. The summed E-state index contributed by atoms with van der Waals surface area (Å²) in [6.45, 7) is 0.743. The average molecular weight is 371 g/mol. The maximum absolute atomic E-state index is 12.8. The molecule has 2 saturated heterocycles. The lowest BCUT2D eigenvalue weighted by Crippen LogP contribution is -2.81. The highest BCUT2D eigenvalue weighted by Gasteiger charge is 2.78. The Bertz CT molecular complexity index is 934. The van der Waals surface area contributed by atoms with Gasteiger partial charge in [-0.05, 0) is 50.9 Å². The van der Waals surface area contributed by atoms with Crippen molar-refractivity contribution >= 4 is 11.9 Å². The summed E-state index contributed by atoms with van der Waals surface area (Å²) in [5, 5.41) is 27.7. The lowest BCUT2D eigenvalue weighted by Gasteiger charge is -2.64. The summed E-state index contributed by atoms with van der Waals surface area (Å²) in [5.41, 5.74) is -1.29. The molecule has 27 heavy (non-hydrogen) atoms. The third kappa shape index (κ3) is 1.45. The molecule has 8 heteroatoms. The average Bonchev–Trinajstić information content (AvgIpc) is 3.12. The van der Waals surface area contributed by atoms with E-state index in [0.717, 1.165) is 17.7 Å². The van der Waals surface area contributed by atoms with Crippen molar-refractivity contribution in [1.29, 1.82) is 0 Å². The predicted octanol–water partition coefficient (Wildman–Crippen LogP) is -0.246. The minimum Gasteiger partial charge on any atom is -0.504 e. The van der Waals surface area contributed by atoms with Crippen LogP contribution in [0.2, 0.25) is 0 Å². The van der Waals surface area contributed by atoms with Gasteiger partial charge in [-0.3, -0.25) is 10.1 Å². The molecule has 1 aromatic rings. The van der Waals surface area contributed by atoms with Crippen LogP contribution in [-0.4, -0.2) is 63.9 Å². The number of amides is 3. The number of fused-ring (bicyclic) bond motifs is 1. The first-order valence-electron chi connectivity index (χ1n) is 9.42. The number of urea groups is 1. The maximum Gasteiger partial charge on any atom is 0.322 e. The highest BCUT2D eigenvalue weighted by Crippen LogP contribution is 2.67. The number of nitrogens with zero attached hydrogens (tertiary/aromatic N) is 1. The van der Waals surface area contributed by atoms with E-state index in [-0.39, 0.29) is 11.8 Å². The lowest BCUT2D eigenvalue weighted by atomic mass is 9.46. The largest absolute Gasteiger partial charge is 0.504 e. The van der Waals surface area contributed by atoms with E-state index < -0.39 is 34.6 Å². The van der Waals surface area contributed by atoms with Gasteiger partial charge in [0.25, 0.3) is 5.91 Å². The van der Waals surface area contributed by atoms with Gasteiger partial charge < -0.3 is 25.2 Å². The van der Waals surface area contributed by atoms with Crippen molar-refractivity contribution in [1.82, 2.24) is 15.5 Å². The van der Waals surface area contributed by atoms with Crippen molar-refractivity contribution in [3.63, 3.8) is 0 Å². The number of piperidine rings is 1. The van der Waals surface area contributed by atoms with Crippen molar-refractivity contribution in [2.24, 2.45) is 0 Å². The summed E-state index contributed by atoms with van der Waals surface area (Å²) < 4.78 is 6.26. The number of imide groups is 1. The summed E-state index contributed by atoms with van der Waals surface area (Å²) >= 11 is 0. The second-order valence-corrected chi connectivity index (χ2v) is 8.67. The van der Waals surface area contributed by atoms with E-state index in [1.807, 2.05) is 13.1 Å². The van der Waals surface area contributed by atoms with Gasteiger partial charge >= 0.3 is 6.03 Å². The zero-order chi connectivity index (χ0) is 18.8. The van der Waals surface area contributed by atoms with Crippen LogP contribution in [0, 0.1) is 0 Å². The Morgan fingerprint density at radius 1 is 1.26 bits per heavy atom. The van der Waals surface area contributed by atoms with E-state index in [2.05, 4.69) is 15.5 Å². The van der Waals surface area contributed by atoms with Crippen molar-refractivity contribution in [2.75, 3.05) is 13.6 Å². The topological polar surface area (TPSA) is 111 Å². The third-order valence-corrected chi connectivity index (χ3v) is 7.80. The molecule has 3 fully saturated rings. The molecule has 2 bridgehead atoms. The summed E-state index contributed by atoms with van der Waals surface area (Å²) in [7, 11) is 2.01. The minimum atomic E-state index is -1.23. The number of ether oxygens (including phenoxy) is 1. The number of carbonyl (C=O) groups excluding carboxylic acids is 2. The molecule has 6 rings (SSSR count). The molecule has 2 aliphatic carbocycles. The van der Waals surface area contributed by atoms with Crippen LogP contribution in [0.3, 0.4) is 0 Å².